The van der Waals surface area contributed by atoms with E-state index >= 15 is 0 Å². The van der Waals surface area contributed by atoms with Crippen LogP contribution in [0.15, 0.2) is 72.8 Å². The normalized spacial score (nSPS) is 11.3. The smallest absolute Gasteiger partial charge is 0.339 e. The number of amides is 1. The summed E-state index contributed by atoms with van der Waals surface area (Å²) in [7, 11) is 1.28. The molecule has 1 amide bonds. The molecule has 3 aromatic rings. The first kappa shape index (κ1) is 21.8. The van der Waals surface area contributed by atoms with Gasteiger partial charge in [0.25, 0.3) is 5.91 Å². The van der Waals surface area contributed by atoms with Crippen LogP contribution in [-0.4, -0.2) is 25.0 Å². The number of hydrogen-bond acceptors (Lipinski definition) is 5. The van der Waals surface area contributed by atoms with Crippen molar-refractivity contribution in [3.63, 3.8) is 0 Å². The molecular formula is C25H23NO5. The van der Waals surface area contributed by atoms with Crippen LogP contribution in [0, 0.1) is 13.8 Å². The Kier molecular flexibility index (Phi) is 6.82. The van der Waals surface area contributed by atoms with Gasteiger partial charge in [-0.25, -0.2) is 9.59 Å². The van der Waals surface area contributed by atoms with Crippen molar-refractivity contribution in [1.82, 2.24) is 0 Å². The average molecular weight is 417 g/mol. The molecule has 0 aliphatic rings. The number of methoxy groups -OCH3 is 1. The summed E-state index contributed by atoms with van der Waals surface area (Å²) in [6, 6.07) is 20.4. The lowest BCUT2D eigenvalue weighted by Gasteiger charge is -2.19. The third kappa shape index (κ3) is 5.36. The van der Waals surface area contributed by atoms with Crippen LogP contribution < -0.4 is 5.32 Å². The van der Waals surface area contributed by atoms with Crippen molar-refractivity contribution in [3.05, 3.63) is 101 Å². The SMILES string of the molecule is COC(=O)c1ccc(C(=O)O[C@@H](C(=O)Nc2cc(C)ccc2C)c2ccccc2)cc1. The van der Waals surface area contributed by atoms with Gasteiger partial charge in [0.2, 0.25) is 6.10 Å². The maximum absolute atomic E-state index is 13.1. The summed E-state index contributed by atoms with van der Waals surface area (Å²) >= 11 is 0. The van der Waals surface area contributed by atoms with E-state index in [1.165, 1.54) is 31.4 Å². The molecule has 3 rings (SSSR count). The minimum absolute atomic E-state index is 0.216. The molecule has 3 aromatic carbocycles. The summed E-state index contributed by atoms with van der Waals surface area (Å²) < 4.78 is 10.2. The van der Waals surface area contributed by atoms with Crippen LogP contribution in [0.5, 0.6) is 0 Å². The summed E-state index contributed by atoms with van der Waals surface area (Å²) in [5, 5.41) is 2.86. The number of aryl methyl sites for hydroxylation is 2. The van der Waals surface area contributed by atoms with Gasteiger partial charge in [-0.2, -0.15) is 0 Å². The standard InChI is InChI=1S/C25H23NO5/c1-16-9-10-17(2)21(15-16)26-23(27)22(18-7-5-4-6-8-18)31-25(29)20-13-11-19(12-14-20)24(28)30-3/h4-15,22H,1-3H3,(H,26,27)/t22-/m1/s1. The summed E-state index contributed by atoms with van der Waals surface area (Å²) in [5.41, 5.74) is 3.63. The highest BCUT2D eigenvalue weighted by atomic mass is 16.5. The Labute approximate surface area is 180 Å². The van der Waals surface area contributed by atoms with Crippen LogP contribution in [0.1, 0.15) is 43.5 Å². The number of rotatable bonds is 6. The molecule has 0 aromatic heterocycles. The third-order valence-corrected chi connectivity index (χ3v) is 4.76. The first-order valence-electron chi connectivity index (χ1n) is 9.71. The highest BCUT2D eigenvalue weighted by molar-refractivity contribution is 5.99. The van der Waals surface area contributed by atoms with Crippen molar-refractivity contribution in [2.45, 2.75) is 20.0 Å². The van der Waals surface area contributed by atoms with Crippen LogP contribution in [0.2, 0.25) is 0 Å². The number of benzene rings is 3. The summed E-state index contributed by atoms with van der Waals surface area (Å²) in [5.74, 6) is -1.64. The zero-order chi connectivity index (χ0) is 22.4. The van der Waals surface area contributed by atoms with E-state index in [-0.39, 0.29) is 5.56 Å². The minimum atomic E-state index is -1.14. The Balaban J connectivity index is 1.84. The molecule has 158 valence electrons. The number of carbonyl (C=O) groups is 3. The lowest BCUT2D eigenvalue weighted by molar-refractivity contribution is -0.125. The van der Waals surface area contributed by atoms with E-state index in [9.17, 15) is 14.4 Å². The fraction of sp³-hybridized carbons (Fsp3) is 0.160. The Morgan fingerprint density at radius 3 is 2.03 bits per heavy atom. The summed E-state index contributed by atoms with van der Waals surface area (Å²) in [6.07, 6.45) is -1.14. The number of nitrogens with one attached hydrogen (secondary N) is 1. The van der Waals surface area contributed by atoms with Gasteiger partial charge in [0.1, 0.15) is 0 Å². The van der Waals surface area contributed by atoms with E-state index in [1.54, 1.807) is 24.3 Å². The van der Waals surface area contributed by atoms with Crippen molar-refractivity contribution in [1.29, 1.82) is 0 Å². The number of esters is 2. The molecule has 6 heteroatoms. The Morgan fingerprint density at radius 2 is 1.42 bits per heavy atom. The van der Waals surface area contributed by atoms with Crippen molar-refractivity contribution in [2.75, 3.05) is 12.4 Å². The monoisotopic (exact) mass is 417 g/mol. The molecule has 31 heavy (non-hydrogen) atoms. The minimum Gasteiger partial charge on any atom is -0.465 e. The van der Waals surface area contributed by atoms with E-state index in [2.05, 4.69) is 10.1 Å². The molecule has 0 unspecified atom stereocenters. The number of carbonyl (C=O) groups excluding carboxylic acids is 3. The van der Waals surface area contributed by atoms with E-state index in [0.29, 0.717) is 16.8 Å². The first-order chi connectivity index (χ1) is 14.9. The second-order valence-electron chi connectivity index (χ2n) is 7.07. The molecule has 0 bridgehead atoms. The van der Waals surface area contributed by atoms with Gasteiger partial charge in [-0.05, 0) is 55.3 Å². The third-order valence-electron chi connectivity index (χ3n) is 4.76. The second-order valence-corrected chi connectivity index (χ2v) is 7.07. The maximum Gasteiger partial charge on any atom is 0.339 e. The molecule has 1 N–H and O–H groups in total. The van der Waals surface area contributed by atoms with Gasteiger partial charge in [-0.3, -0.25) is 4.79 Å². The molecule has 1 atom stereocenters. The first-order valence-corrected chi connectivity index (χ1v) is 9.71. The van der Waals surface area contributed by atoms with E-state index < -0.39 is 23.9 Å². The molecule has 0 aliphatic carbocycles. The van der Waals surface area contributed by atoms with Gasteiger partial charge in [0.15, 0.2) is 0 Å². The Bertz CT molecular complexity index is 1090. The quantitative estimate of drug-likeness (QED) is 0.592. The Morgan fingerprint density at radius 1 is 0.806 bits per heavy atom. The van der Waals surface area contributed by atoms with Crippen molar-refractivity contribution < 1.29 is 23.9 Å². The lowest BCUT2D eigenvalue weighted by atomic mass is 10.1. The summed E-state index contributed by atoms with van der Waals surface area (Å²) in [6.45, 7) is 3.82. The van der Waals surface area contributed by atoms with Crippen LogP contribution in [0.3, 0.4) is 0 Å². The molecular weight excluding hydrogens is 394 g/mol. The molecule has 0 saturated carbocycles. The van der Waals surface area contributed by atoms with E-state index in [0.717, 1.165) is 11.1 Å². The molecule has 0 saturated heterocycles. The van der Waals surface area contributed by atoms with Gasteiger partial charge in [0.05, 0.1) is 18.2 Å². The topological polar surface area (TPSA) is 81.7 Å². The van der Waals surface area contributed by atoms with Gasteiger partial charge in [-0.1, -0.05) is 42.5 Å². The zero-order valence-electron chi connectivity index (χ0n) is 17.5. The van der Waals surface area contributed by atoms with Crippen molar-refractivity contribution >= 4 is 23.5 Å². The zero-order valence-corrected chi connectivity index (χ0v) is 17.5. The molecule has 6 nitrogen and oxygen atoms in total. The van der Waals surface area contributed by atoms with Crippen molar-refractivity contribution in [3.8, 4) is 0 Å². The largest absolute Gasteiger partial charge is 0.465 e. The fourth-order valence-corrected chi connectivity index (χ4v) is 3.00. The second kappa shape index (κ2) is 9.71. The molecule has 0 fully saturated rings. The van der Waals surface area contributed by atoms with Crippen LogP contribution in [0.25, 0.3) is 0 Å². The highest BCUT2D eigenvalue weighted by Gasteiger charge is 2.26. The maximum atomic E-state index is 13.1. The number of anilines is 1. The molecule has 0 heterocycles. The number of ether oxygens (including phenoxy) is 2. The van der Waals surface area contributed by atoms with E-state index in [4.69, 9.17) is 4.74 Å². The molecule has 0 radical (unpaired) electrons. The highest BCUT2D eigenvalue weighted by Crippen LogP contribution is 2.24. The van der Waals surface area contributed by atoms with Gasteiger partial charge in [0, 0.05) is 11.3 Å². The van der Waals surface area contributed by atoms with E-state index in [1.807, 2.05) is 38.1 Å². The predicted octanol–water partition coefficient (Wildman–Crippen LogP) is 4.63. The summed E-state index contributed by atoms with van der Waals surface area (Å²) in [4.78, 5) is 37.4. The molecule has 0 spiro atoms. The van der Waals surface area contributed by atoms with Gasteiger partial charge < -0.3 is 14.8 Å². The van der Waals surface area contributed by atoms with Gasteiger partial charge in [-0.15, -0.1) is 0 Å². The van der Waals surface area contributed by atoms with Crippen molar-refractivity contribution in [2.24, 2.45) is 0 Å². The lowest BCUT2D eigenvalue weighted by Crippen LogP contribution is -2.26. The molecule has 0 aliphatic heterocycles. The average Bonchev–Trinajstić information content (AvgIpc) is 2.79. The fourth-order valence-electron chi connectivity index (χ4n) is 3.00. The van der Waals surface area contributed by atoms with Crippen LogP contribution >= 0.6 is 0 Å². The number of hydrogen-bond donors (Lipinski definition) is 1. The van der Waals surface area contributed by atoms with Crippen LogP contribution in [-0.2, 0) is 14.3 Å². The predicted molar refractivity (Wildman–Crippen MR) is 117 cm³/mol. The van der Waals surface area contributed by atoms with Crippen LogP contribution in [0.4, 0.5) is 5.69 Å². The van der Waals surface area contributed by atoms with Gasteiger partial charge >= 0.3 is 11.9 Å². The Hall–Kier alpha value is -3.93.